The van der Waals surface area contributed by atoms with Crippen molar-refractivity contribution in [2.75, 3.05) is 44.2 Å². The van der Waals surface area contributed by atoms with Gasteiger partial charge in [0, 0.05) is 55.3 Å². The molecule has 2 atom stereocenters. The van der Waals surface area contributed by atoms with Gasteiger partial charge in [-0.1, -0.05) is 36.4 Å². The zero-order chi connectivity index (χ0) is 26.3. The van der Waals surface area contributed by atoms with Gasteiger partial charge in [-0.05, 0) is 80.6 Å². The molecule has 2 aliphatic heterocycles. The van der Waals surface area contributed by atoms with Gasteiger partial charge in [0.15, 0.2) is 0 Å². The van der Waals surface area contributed by atoms with Gasteiger partial charge in [0.05, 0.1) is 9.70 Å². The molecule has 0 spiro atoms. The summed E-state index contributed by atoms with van der Waals surface area (Å²) in [4.78, 5) is 18.1. The van der Waals surface area contributed by atoms with Crippen molar-refractivity contribution in [3.63, 3.8) is 0 Å². The number of carbonyl (C=O) groups is 1. The summed E-state index contributed by atoms with van der Waals surface area (Å²) < 4.78 is 30.3. The van der Waals surface area contributed by atoms with Crippen molar-refractivity contribution in [2.45, 2.75) is 24.0 Å². The first-order valence-electron chi connectivity index (χ1n) is 12.3. The van der Waals surface area contributed by atoms with Crippen molar-refractivity contribution >= 4 is 64.8 Å². The molecule has 2 aromatic carbocycles. The average Bonchev–Trinajstić information content (AvgIpc) is 3.50. The number of nitrogens with zero attached hydrogens (tertiary/aromatic N) is 3. The Balaban J connectivity index is 1.35. The number of aryl methyl sites for hydroxylation is 2. The van der Waals surface area contributed by atoms with Crippen LogP contribution in [0.15, 0.2) is 67.1 Å². The molecule has 0 N–H and O–H groups in total. The van der Waals surface area contributed by atoms with Crippen molar-refractivity contribution in [1.29, 1.82) is 0 Å². The third kappa shape index (κ3) is 5.41. The minimum Gasteiger partial charge on any atom is -0.368 e. The second-order valence-electron chi connectivity index (χ2n) is 9.71. The summed E-state index contributed by atoms with van der Waals surface area (Å²) in [5.41, 5.74) is 4.72. The molecule has 196 valence electrons. The number of sulfonamides is 1. The summed E-state index contributed by atoms with van der Waals surface area (Å²) in [6, 6.07) is 18.0. The van der Waals surface area contributed by atoms with Crippen molar-refractivity contribution in [3.8, 4) is 0 Å². The van der Waals surface area contributed by atoms with Crippen LogP contribution in [0.4, 0.5) is 5.69 Å². The Hall–Kier alpha value is -1.72. The maximum atomic E-state index is 13.9. The zero-order valence-electron chi connectivity index (χ0n) is 20.7. The highest BCUT2D eigenvalue weighted by Crippen LogP contribution is 2.41. The molecule has 2 saturated heterocycles. The first kappa shape index (κ1) is 26.9. The summed E-state index contributed by atoms with van der Waals surface area (Å²) in [7, 11) is -3.72. The maximum absolute atomic E-state index is 13.9. The van der Waals surface area contributed by atoms with E-state index in [2.05, 4.69) is 68.8 Å². The van der Waals surface area contributed by atoms with Crippen LogP contribution in [-0.2, 0) is 14.8 Å². The molecule has 2 fully saturated rings. The summed E-state index contributed by atoms with van der Waals surface area (Å²) in [5.74, 6) is -0.565. The van der Waals surface area contributed by atoms with Gasteiger partial charge in [-0.3, -0.25) is 4.79 Å². The van der Waals surface area contributed by atoms with Crippen LogP contribution in [0, 0.1) is 19.8 Å². The number of anilines is 1. The van der Waals surface area contributed by atoms with Crippen LogP contribution < -0.4 is 4.90 Å². The van der Waals surface area contributed by atoms with E-state index in [9.17, 15) is 13.2 Å². The number of hydrogen-bond acceptors (Lipinski definition) is 5. The van der Waals surface area contributed by atoms with Gasteiger partial charge in [-0.2, -0.15) is 4.31 Å². The van der Waals surface area contributed by atoms with E-state index in [1.54, 1.807) is 6.07 Å². The van der Waals surface area contributed by atoms with Crippen LogP contribution in [0.1, 0.15) is 22.6 Å². The normalized spacial score (nSPS) is 21.0. The summed E-state index contributed by atoms with van der Waals surface area (Å²) in [5, 5.41) is 0. The van der Waals surface area contributed by atoms with E-state index in [0.717, 1.165) is 22.4 Å². The van der Waals surface area contributed by atoms with Crippen molar-refractivity contribution < 1.29 is 13.2 Å². The number of thiophene rings is 1. The van der Waals surface area contributed by atoms with E-state index < -0.39 is 15.9 Å². The smallest absolute Gasteiger partial charge is 0.252 e. The Morgan fingerprint density at radius 1 is 0.919 bits per heavy atom. The molecule has 0 unspecified atom stereocenters. The van der Waals surface area contributed by atoms with E-state index in [1.807, 2.05) is 35.2 Å². The molecule has 37 heavy (non-hydrogen) atoms. The number of carbonyl (C=O) groups excluding carboxylic acids is 1. The number of hydrogen-bond donors (Lipinski definition) is 0. The van der Waals surface area contributed by atoms with E-state index in [1.165, 1.54) is 32.5 Å². The SMILES string of the molecule is Cc1ccc(N2CCN(C(=O)[C@@H]3CN(S(=O)(=O)c4cc(Br)c(Br)s4)C[C@H]3c3ccccc3)CC2)cc1C. The highest BCUT2D eigenvalue weighted by molar-refractivity contribution is 9.13. The predicted octanol–water partition coefficient (Wildman–Crippen LogP) is 5.64. The molecule has 1 amide bonds. The molecule has 1 aromatic heterocycles. The largest absolute Gasteiger partial charge is 0.368 e. The highest BCUT2D eigenvalue weighted by Gasteiger charge is 2.45. The summed E-state index contributed by atoms with van der Waals surface area (Å²) >= 11 is 7.99. The molecule has 3 aromatic rings. The van der Waals surface area contributed by atoms with Gasteiger partial charge in [0.2, 0.25) is 5.91 Å². The average molecular weight is 667 g/mol. The third-order valence-electron chi connectivity index (χ3n) is 7.49. The minimum atomic E-state index is -3.72. The lowest BCUT2D eigenvalue weighted by molar-refractivity contribution is -0.135. The van der Waals surface area contributed by atoms with Crippen LogP contribution in [0.2, 0.25) is 0 Å². The van der Waals surface area contributed by atoms with Gasteiger partial charge < -0.3 is 9.80 Å². The number of halogens is 2. The van der Waals surface area contributed by atoms with Gasteiger partial charge >= 0.3 is 0 Å². The Morgan fingerprint density at radius 3 is 2.24 bits per heavy atom. The van der Waals surface area contributed by atoms with E-state index >= 15 is 0 Å². The molecular weight excluding hydrogens is 638 g/mol. The fourth-order valence-electron chi connectivity index (χ4n) is 5.18. The Kier molecular flexibility index (Phi) is 7.85. The van der Waals surface area contributed by atoms with Gasteiger partial charge in [-0.15, -0.1) is 11.3 Å². The van der Waals surface area contributed by atoms with E-state index in [-0.39, 0.29) is 22.6 Å². The van der Waals surface area contributed by atoms with Crippen molar-refractivity contribution in [2.24, 2.45) is 5.92 Å². The van der Waals surface area contributed by atoms with Crippen molar-refractivity contribution in [3.05, 3.63) is 79.5 Å². The van der Waals surface area contributed by atoms with Gasteiger partial charge in [0.25, 0.3) is 10.0 Å². The van der Waals surface area contributed by atoms with Gasteiger partial charge in [0.1, 0.15) is 4.21 Å². The second-order valence-corrected chi connectivity index (χ2v) is 15.1. The van der Waals surface area contributed by atoms with Crippen LogP contribution >= 0.6 is 43.2 Å². The van der Waals surface area contributed by atoms with E-state index in [4.69, 9.17) is 0 Å². The quantitative estimate of drug-likeness (QED) is 0.354. The van der Waals surface area contributed by atoms with Crippen LogP contribution in [0.5, 0.6) is 0 Å². The number of benzene rings is 2. The molecule has 0 radical (unpaired) electrons. The predicted molar refractivity (Wildman–Crippen MR) is 156 cm³/mol. The highest BCUT2D eigenvalue weighted by atomic mass is 79.9. The molecular formula is C27H29Br2N3O3S2. The minimum absolute atomic E-state index is 0.0415. The molecule has 0 bridgehead atoms. The van der Waals surface area contributed by atoms with Gasteiger partial charge in [-0.25, -0.2) is 8.42 Å². The topological polar surface area (TPSA) is 60.9 Å². The van der Waals surface area contributed by atoms with Crippen LogP contribution in [-0.4, -0.2) is 62.8 Å². The lowest BCUT2D eigenvalue weighted by Crippen LogP contribution is -2.51. The van der Waals surface area contributed by atoms with Crippen LogP contribution in [0.25, 0.3) is 0 Å². The number of piperazine rings is 1. The van der Waals surface area contributed by atoms with E-state index in [0.29, 0.717) is 24.1 Å². The second kappa shape index (κ2) is 10.8. The molecule has 0 aliphatic carbocycles. The number of amides is 1. The first-order chi connectivity index (χ1) is 17.6. The summed E-state index contributed by atoms with van der Waals surface area (Å²) in [6.07, 6.45) is 0. The molecule has 10 heteroatoms. The zero-order valence-corrected chi connectivity index (χ0v) is 25.5. The molecule has 2 aliphatic rings. The molecule has 0 saturated carbocycles. The standard InChI is InChI=1S/C27H29Br2N3O3S2/c1-18-8-9-21(14-19(18)2)30-10-12-31(13-11-30)27(33)23-17-32(16-22(23)20-6-4-3-5-7-20)37(34,35)25-15-24(28)26(29)36-25/h3-9,14-15,22-23H,10-13,16-17H2,1-2H3/t22-,23+/m0/s1. The summed E-state index contributed by atoms with van der Waals surface area (Å²) in [6.45, 7) is 7.48. The molecule has 3 heterocycles. The molecule has 5 rings (SSSR count). The maximum Gasteiger partial charge on any atom is 0.252 e. The monoisotopic (exact) mass is 665 g/mol. The number of rotatable bonds is 5. The van der Waals surface area contributed by atoms with Crippen LogP contribution in [0.3, 0.4) is 0 Å². The Morgan fingerprint density at radius 2 is 1.62 bits per heavy atom. The third-order valence-corrected chi connectivity index (χ3v) is 13.0. The fourth-order valence-corrected chi connectivity index (χ4v) is 9.64. The Bertz CT molecular complexity index is 1380. The lowest BCUT2D eigenvalue weighted by atomic mass is 9.88. The fraction of sp³-hybridized carbons (Fsp3) is 0.370. The first-order valence-corrected chi connectivity index (χ1v) is 16.1. The molecule has 6 nitrogen and oxygen atoms in total. The Labute approximate surface area is 239 Å². The lowest BCUT2D eigenvalue weighted by Gasteiger charge is -2.38. The van der Waals surface area contributed by atoms with Crippen molar-refractivity contribution in [1.82, 2.24) is 9.21 Å².